The van der Waals surface area contributed by atoms with Gasteiger partial charge in [-0.25, -0.2) is 0 Å². The molecule has 0 unspecified atom stereocenters. The van der Waals surface area contributed by atoms with Crippen LogP contribution in [0, 0.1) is 11.3 Å². The van der Waals surface area contributed by atoms with Gasteiger partial charge in [0.25, 0.3) is 0 Å². The first-order valence-corrected chi connectivity index (χ1v) is 11.7. The Hall–Kier alpha value is -3.17. The van der Waals surface area contributed by atoms with E-state index in [4.69, 9.17) is 21.1 Å². The zero-order chi connectivity index (χ0) is 24.0. The monoisotopic (exact) mass is 474 g/mol. The number of halogens is 1. The van der Waals surface area contributed by atoms with Crippen LogP contribution in [0.3, 0.4) is 0 Å². The lowest BCUT2D eigenvalue weighted by atomic mass is 9.81. The minimum Gasteiger partial charge on any atom is -0.368 e. The Balaban J connectivity index is 1.67. The van der Waals surface area contributed by atoms with Gasteiger partial charge in [0, 0.05) is 24.9 Å². The highest BCUT2D eigenvalue weighted by Crippen LogP contribution is 2.40. The number of piperidine rings is 1. The maximum absolute atomic E-state index is 12.2. The molecular weight excluding hydrogens is 448 g/mol. The quantitative estimate of drug-likeness (QED) is 0.456. The number of carbonyl (C=O) groups is 1. The van der Waals surface area contributed by atoms with Crippen LogP contribution in [0.4, 0.5) is 0 Å². The van der Waals surface area contributed by atoms with Gasteiger partial charge in [-0.2, -0.15) is 5.26 Å². The molecule has 0 bridgehead atoms. The molecule has 0 spiro atoms. The Labute approximate surface area is 205 Å². The van der Waals surface area contributed by atoms with Crippen molar-refractivity contribution in [3.8, 4) is 6.07 Å². The molecule has 0 aliphatic carbocycles. The Kier molecular flexibility index (Phi) is 7.64. The van der Waals surface area contributed by atoms with Crippen LogP contribution in [0.25, 0.3) is 0 Å². The molecule has 1 fully saturated rings. The van der Waals surface area contributed by atoms with Gasteiger partial charge in [0.2, 0.25) is 5.91 Å². The molecule has 3 aromatic rings. The summed E-state index contributed by atoms with van der Waals surface area (Å²) in [5, 5.41) is 9.89. The molecule has 0 saturated carbocycles. The van der Waals surface area contributed by atoms with Crippen LogP contribution in [0.1, 0.15) is 35.6 Å². The molecule has 3 aromatic carbocycles. The number of ether oxygens (including phenoxy) is 2. The smallest absolute Gasteiger partial charge is 0.219 e. The number of hydrogen-bond acceptors (Lipinski definition) is 4. The maximum Gasteiger partial charge on any atom is 0.219 e. The average molecular weight is 475 g/mol. The van der Waals surface area contributed by atoms with Gasteiger partial charge in [-0.3, -0.25) is 4.79 Å². The number of nitrogens with zero attached hydrogens (tertiary/aromatic N) is 2. The molecule has 0 N–H and O–H groups in total. The van der Waals surface area contributed by atoms with Crippen molar-refractivity contribution in [1.29, 1.82) is 5.26 Å². The van der Waals surface area contributed by atoms with Crippen molar-refractivity contribution in [3.63, 3.8) is 0 Å². The van der Waals surface area contributed by atoms with E-state index in [9.17, 15) is 10.1 Å². The van der Waals surface area contributed by atoms with Gasteiger partial charge < -0.3 is 14.4 Å². The van der Waals surface area contributed by atoms with E-state index in [0.717, 1.165) is 16.7 Å². The van der Waals surface area contributed by atoms with Gasteiger partial charge >= 0.3 is 0 Å². The van der Waals surface area contributed by atoms with Crippen molar-refractivity contribution >= 4 is 17.5 Å². The molecule has 4 rings (SSSR count). The highest BCUT2D eigenvalue weighted by Gasteiger charge is 2.47. The Morgan fingerprint density at radius 1 is 1.06 bits per heavy atom. The maximum atomic E-state index is 12.2. The van der Waals surface area contributed by atoms with E-state index in [-0.39, 0.29) is 5.91 Å². The minimum atomic E-state index is -0.765. The van der Waals surface area contributed by atoms with Gasteiger partial charge in [0.05, 0.1) is 31.4 Å². The third-order valence-electron chi connectivity index (χ3n) is 6.28. The molecule has 0 aromatic heterocycles. The van der Waals surface area contributed by atoms with Crippen molar-refractivity contribution in [3.05, 3.63) is 106 Å². The van der Waals surface area contributed by atoms with Crippen LogP contribution in [0.2, 0.25) is 5.02 Å². The largest absolute Gasteiger partial charge is 0.368 e. The van der Waals surface area contributed by atoms with E-state index in [1.807, 2.05) is 72.8 Å². The summed E-state index contributed by atoms with van der Waals surface area (Å²) in [6, 6.07) is 27.2. The normalized spacial score (nSPS) is 20.0. The first kappa shape index (κ1) is 24.0. The van der Waals surface area contributed by atoms with Gasteiger partial charge in [0.1, 0.15) is 11.7 Å². The summed E-state index contributed by atoms with van der Waals surface area (Å²) in [4.78, 5) is 14.1. The predicted molar refractivity (Wildman–Crippen MR) is 131 cm³/mol. The summed E-state index contributed by atoms with van der Waals surface area (Å²) in [6.07, 6.45) is 0.171. The van der Waals surface area contributed by atoms with Crippen LogP contribution in [0.15, 0.2) is 78.9 Å². The standard InChI is InChI=1S/C28H27ClN2O3/c1-21(32)31-15-14-28(25-10-12-26(29)13-11-25,34-20-22-6-3-2-4-7-22)27(18-31)33-19-24-9-5-8-23(16-24)17-30/h2-13,16,27H,14-15,18-20H2,1H3/t27-,28+/m0/s1. The lowest BCUT2D eigenvalue weighted by Crippen LogP contribution is -2.56. The molecule has 6 heteroatoms. The van der Waals surface area contributed by atoms with Crippen LogP contribution < -0.4 is 0 Å². The van der Waals surface area contributed by atoms with Crippen LogP contribution >= 0.6 is 11.6 Å². The molecule has 34 heavy (non-hydrogen) atoms. The first-order chi connectivity index (χ1) is 16.5. The molecule has 174 valence electrons. The Morgan fingerprint density at radius 3 is 2.50 bits per heavy atom. The number of benzene rings is 3. The molecule has 1 aliphatic heterocycles. The van der Waals surface area contributed by atoms with Gasteiger partial charge in [0.15, 0.2) is 0 Å². The van der Waals surface area contributed by atoms with E-state index >= 15 is 0 Å². The minimum absolute atomic E-state index is 0.00726. The van der Waals surface area contributed by atoms with E-state index < -0.39 is 11.7 Å². The number of amides is 1. The lowest BCUT2D eigenvalue weighted by Gasteiger charge is -2.47. The fraction of sp³-hybridized carbons (Fsp3) is 0.286. The predicted octanol–water partition coefficient (Wildman–Crippen LogP) is 5.46. The summed E-state index contributed by atoms with van der Waals surface area (Å²) < 4.78 is 13.2. The highest BCUT2D eigenvalue weighted by atomic mass is 35.5. The third kappa shape index (κ3) is 5.48. The zero-order valence-corrected chi connectivity index (χ0v) is 19.9. The van der Waals surface area contributed by atoms with Gasteiger partial charge in [-0.05, 0) is 41.0 Å². The second-order valence-electron chi connectivity index (χ2n) is 8.50. The lowest BCUT2D eigenvalue weighted by molar-refractivity contribution is -0.195. The third-order valence-corrected chi connectivity index (χ3v) is 6.54. The van der Waals surface area contributed by atoms with E-state index in [1.54, 1.807) is 17.9 Å². The molecule has 1 amide bonds. The molecule has 1 saturated heterocycles. The molecule has 5 nitrogen and oxygen atoms in total. The van der Waals surface area contributed by atoms with Crippen molar-refractivity contribution in [2.24, 2.45) is 0 Å². The summed E-state index contributed by atoms with van der Waals surface area (Å²) in [6.45, 7) is 3.26. The number of nitriles is 1. The fourth-order valence-corrected chi connectivity index (χ4v) is 4.52. The van der Waals surface area contributed by atoms with Gasteiger partial charge in [-0.15, -0.1) is 0 Å². The number of likely N-dealkylation sites (tertiary alicyclic amines) is 1. The SMILES string of the molecule is CC(=O)N1CC[C@@](OCc2ccccc2)(c2ccc(Cl)cc2)[C@@H](OCc2cccc(C#N)c2)C1. The molecule has 2 atom stereocenters. The second kappa shape index (κ2) is 10.8. The number of hydrogen-bond donors (Lipinski definition) is 0. The summed E-state index contributed by atoms with van der Waals surface area (Å²) in [5.74, 6) is 0.00726. The number of rotatable bonds is 7. The van der Waals surface area contributed by atoms with E-state index in [1.165, 1.54) is 0 Å². The van der Waals surface area contributed by atoms with Crippen molar-refractivity contribution in [1.82, 2.24) is 4.90 Å². The van der Waals surface area contributed by atoms with Crippen molar-refractivity contribution in [2.45, 2.75) is 38.3 Å². The molecule has 1 heterocycles. The zero-order valence-electron chi connectivity index (χ0n) is 19.1. The summed E-state index contributed by atoms with van der Waals surface area (Å²) in [5.41, 5.74) is 2.74. The van der Waals surface area contributed by atoms with Crippen LogP contribution in [-0.2, 0) is 33.1 Å². The average Bonchev–Trinajstić information content (AvgIpc) is 2.87. The van der Waals surface area contributed by atoms with Crippen molar-refractivity contribution < 1.29 is 14.3 Å². The molecule has 0 radical (unpaired) electrons. The first-order valence-electron chi connectivity index (χ1n) is 11.3. The second-order valence-corrected chi connectivity index (χ2v) is 8.93. The van der Waals surface area contributed by atoms with Gasteiger partial charge in [-0.1, -0.05) is 66.2 Å². The fourth-order valence-electron chi connectivity index (χ4n) is 4.40. The summed E-state index contributed by atoms with van der Waals surface area (Å²) in [7, 11) is 0. The van der Waals surface area contributed by atoms with Crippen LogP contribution in [0.5, 0.6) is 0 Å². The van der Waals surface area contributed by atoms with Crippen LogP contribution in [-0.4, -0.2) is 30.0 Å². The highest BCUT2D eigenvalue weighted by molar-refractivity contribution is 6.30. The molecule has 1 aliphatic rings. The molecular formula is C28H27ClN2O3. The summed E-state index contributed by atoms with van der Waals surface area (Å²) >= 11 is 6.19. The van der Waals surface area contributed by atoms with E-state index in [2.05, 4.69) is 6.07 Å². The van der Waals surface area contributed by atoms with Crippen molar-refractivity contribution in [2.75, 3.05) is 13.1 Å². The van der Waals surface area contributed by atoms with E-state index in [0.29, 0.717) is 43.3 Å². The topological polar surface area (TPSA) is 62.6 Å². The Bertz CT molecular complexity index is 1160. The Morgan fingerprint density at radius 2 is 1.79 bits per heavy atom. The number of carbonyl (C=O) groups excluding carboxylic acids is 1.